The Morgan fingerprint density at radius 3 is 2.59 bits per heavy atom. The molecule has 94 valence electrons. The summed E-state index contributed by atoms with van der Waals surface area (Å²) >= 11 is 9.31. The van der Waals surface area contributed by atoms with Gasteiger partial charge >= 0.3 is 0 Å². The first-order valence-corrected chi connectivity index (χ1v) is 6.78. The first-order chi connectivity index (χ1) is 8.33. The van der Waals surface area contributed by atoms with Gasteiger partial charge in [0.05, 0.1) is 0 Å². The summed E-state index contributed by atoms with van der Waals surface area (Å²) in [5.74, 6) is 0.876. The van der Waals surface area contributed by atoms with Crippen LogP contribution < -0.4 is 16.0 Å². The zero-order chi connectivity index (χ0) is 12.3. The minimum Gasteiger partial charge on any atom is -0.362 e. The van der Waals surface area contributed by atoms with Gasteiger partial charge in [-0.3, -0.25) is 0 Å². The third-order valence-corrected chi connectivity index (χ3v) is 2.61. The van der Waals surface area contributed by atoms with E-state index in [1.54, 1.807) is 0 Å². The minimum atomic E-state index is 0.672. The third-order valence-electron chi connectivity index (χ3n) is 2.14. The van der Waals surface area contributed by atoms with Crippen molar-refractivity contribution in [1.82, 2.24) is 10.6 Å². The largest absolute Gasteiger partial charge is 0.362 e. The summed E-state index contributed by atoms with van der Waals surface area (Å²) in [6, 6.07) is 9.91. The van der Waals surface area contributed by atoms with E-state index in [9.17, 15) is 0 Å². The quantitative estimate of drug-likeness (QED) is 0.346. The lowest BCUT2D eigenvalue weighted by Gasteiger charge is -2.10. The van der Waals surface area contributed by atoms with E-state index in [0.717, 1.165) is 37.5 Å². The van der Waals surface area contributed by atoms with Gasteiger partial charge in [0.1, 0.15) is 0 Å². The van der Waals surface area contributed by atoms with Crippen LogP contribution in [0.5, 0.6) is 0 Å². The first kappa shape index (κ1) is 14.3. The zero-order valence-electron chi connectivity index (χ0n) is 9.78. The maximum atomic E-state index is 5.18. The zero-order valence-corrected chi connectivity index (χ0v) is 11.5. The van der Waals surface area contributed by atoms with E-state index in [1.165, 1.54) is 0 Å². The second kappa shape index (κ2) is 9.27. The molecule has 17 heavy (non-hydrogen) atoms. The predicted molar refractivity (Wildman–Crippen MR) is 82.0 cm³/mol. The second-order valence-corrected chi connectivity index (χ2v) is 4.43. The molecule has 0 aliphatic carbocycles. The number of nitrogens with one attached hydrogen (secondary N) is 3. The molecule has 0 radical (unpaired) electrons. The van der Waals surface area contributed by atoms with Crippen LogP contribution in [0, 0.1) is 0 Å². The Morgan fingerprint density at radius 1 is 1.12 bits per heavy atom. The fourth-order valence-corrected chi connectivity index (χ4v) is 1.69. The number of hydrogen-bond donors (Lipinski definition) is 4. The highest BCUT2D eigenvalue weighted by atomic mass is 32.1. The number of para-hydroxylation sites is 1. The average Bonchev–Trinajstić information content (AvgIpc) is 2.35. The fourth-order valence-electron chi connectivity index (χ4n) is 1.32. The number of benzene rings is 1. The molecule has 0 spiro atoms. The van der Waals surface area contributed by atoms with Gasteiger partial charge in [0.15, 0.2) is 5.11 Å². The number of thiol groups is 1. The topological polar surface area (TPSA) is 36.1 Å². The molecule has 0 atom stereocenters. The highest BCUT2D eigenvalue weighted by Crippen LogP contribution is 2.03. The van der Waals surface area contributed by atoms with E-state index in [4.69, 9.17) is 12.2 Å². The molecular formula is C12H19N3S2. The summed E-state index contributed by atoms with van der Waals surface area (Å²) in [5.41, 5.74) is 1.01. The summed E-state index contributed by atoms with van der Waals surface area (Å²) < 4.78 is 0. The summed E-state index contributed by atoms with van der Waals surface area (Å²) in [6.45, 7) is 2.82. The number of anilines is 1. The summed E-state index contributed by atoms with van der Waals surface area (Å²) in [5, 5.41) is 10.3. The summed E-state index contributed by atoms with van der Waals surface area (Å²) in [7, 11) is 0. The lowest BCUT2D eigenvalue weighted by Crippen LogP contribution is -2.31. The smallest absolute Gasteiger partial charge is 0.170 e. The summed E-state index contributed by atoms with van der Waals surface area (Å²) in [6.07, 6.45) is 1.05. The van der Waals surface area contributed by atoms with Crippen molar-refractivity contribution in [2.24, 2.45) is 0 Å². The van der Waals surface area contributed by atoms with E-state index in [2.05, 4.69) is 28.6 Å². The fraction of sp³-hybridized carbons (Fsp3) is 0.417. The molecule has 0 heterocycles. The molecule has 5 heteroatoms. The maximum absolute atomic E-state index is 5.18. The third kappa shape index (κ3) is 7.20. The Morgan fingerprint density at radius 2 is 1.88 bits per heavy atom. The molecule has 0 saturated heterocycles. The van der Waals surface area contributed by atoms with Crippen LogP contribution in [0.25, 0.3) is 0 Å². The molecule has 0 aliphatic rings. The molecule has 0 saturated carbocycles. The Bertz CT molecular complexity index is 317. The van der Waals surface area contributed by atoms with Crippen LogP contribution in [0.15, 0.2) is 30.3 Å². The van der Waals surface area contributed by atoms with Crippen LogP contribution >= 0.6 is 24.8 Å². The van der Waals surface area contributed by atoms with Gasteiger partial charge in [-0.1, -0.05) is 18.2 Å². The van der Waals surface area contributed by atoms with Gasteiger partial charge in [-0.2, -0.15) is 12.6 Å². The van der Waals surface area contributed by atoms with E-state index in [1.807, 2.05) is 30.3 Å². The molecule has 0 amide bonds. The SMILES string of the molecule is S=C(NCCCNCCS)Nc1ccccc1. The van der Waals surface area contributed by atoms with Crippen LogP contribution in [-0.4, -0.2) is 30.5 Å². The molecule has 3 nitrogen and oxygen atoms in total. The normalized spacial score (nSPS) is 9.94. The monoisotopic (exact) mass is 269 g/mol. The van der Waals surface area contributed by atoms with Gasteiger partial charge in [-0.25, -0.2) is 0 Å². The Balaban J connectivity index is 2.06. The van der Waals surface area contributed by atoms with Crippen molar-refractivity contribution < 1.29 is 0 Å². The predicted octanol–water partition coefficient (Wildman–Crippen LogP) is 1.88. The van der Waals surface area contributed by atoms with E-state index < -0.39 is 0 Å². The van der Waals surface area contributed by atoms with Crippen molar-refractivity contribution in [3.8, 4) is 0 Å². The standard InChI is InChI=1S/C12H19N3S2/c16-10-9-13-7-4-8-14-12(17)15-11-5-2-1-3-6-11/h1-3,5-6,13,16H,4,7-10H2,(H2,14,15,17). The van der Waals surface area contributed by atoms with Crippen LogP contribution in [0.3, 0.4) is 0 Å². The Kier molecular flexibility index (Phi) is 7.79. The lowest BCUT2D eigenvalue weighted by atomic mass is 10.3. The van der Waals surface area contributed by atoms with E-state index in [-0.39, 0.29) is 0 Å². The van der Waals surface area contributed by atoms with Crippen LogP contribution in [0.4, 0.5) is 5.69 Å². The van der Waals surface area contributed by atoms with Gasteiger partial charge in [0.25, 0.3) is 0 Å². The molecular weight excluding hydrogens is 250 g/mol. The maximum Gasteiger partial charge on any atom is 0.170 e. The van der Waals surface area contributed by atoms with Crippen molar-refractivity contribution in [2.75, 3.05) is 30.7 Å². The minimum absolute atomic E-state index is 0.672. The van der Waals surface area contributed by atoms with Gasteiger partial charge in [-0.15, -0.1) is 0 Å². The van der Waals surface area contributed by atoms with Gasteiger partial charge in [0, 0.05) is 24.5 Å². The molecule has 0 fully saturated rings. The Labute approximate surface area is 114 Å². The van der Waals surface area contributed by atoms with Gasteiger partial charge in [-0.05, 0) is 37.3 Å². The second-order valence-electron chi connectivity index (χ2n) is 3.57. The van der Waals surface area contributed by atoms with E-state index >= 15 is 0 Å². The molecule has 0 aliphatic heterocycles. The summed E-state index contributed by atoms with van der Waals surface area (Å²) in [4.78, 5) is 0. The van der Waals surface area contributed by atoms with Crippen LogP contribution in [-0.2, 0) is 0 Å². The molecule has 1 aromatic carbocycles. The van der Waals surface area contributed by atoms with Crippen molar-refractivity contribution in [1.29, 1.82) is 0 Å². The van der Waals surface area contributed by atoms with Crippen molar-refractivity contribution in [3.63, 3.8) is 0 Å². The number of thiocarbonyl (C=S) groups is 1. The van der Waals surface area contributed by atoms with Crippen LogP contribution in [0.1, 0.15) is 6.42 Å². The molecule has 3 N–H and O–H groups in total. The van der Waals surface area contributed by atoms with Crippen LogP contribution in [0.2, 0.25) is 0 Å². The molecule has 1 aromatic rings. The average molecular weight is 269 g/mol. The Hall–Kier alpha value is -0.780. The molecule has 1 rings (SSSR count). The van der Waals surface area contributed by atoms with Crippen molar-refractivity contribution >= 4 is 35.6 Å². The highest BCUT2D eigenvalue weighted by Gasteiger charge is 1.95. The van der Waals surface area contributed by atoms with Crippen molar-refractivity contribution in [3.05, 3.63) is 30.3 Å². The first-order valence-electron chi connectivity index (χ1n) is 5.74. The molecule has 0 unspecified atom stereocenters. The molecule has 0 aromatic heterocycles. The van der Waals surface area contributed by atoms with Crippen molar-refractivity contribution in [2.45, 2.75) is 6.42 Å². The van der Waals surface area contributed by atoms with Gasteiger partial charge < -0.3 is 16.0 Å². The molecule has 0 bridgehead atoms. The number of rotatable bonds is 7. The number of hydrogen-bond acceptors (Lipinski definition) is 3. The van der Waals surface area contributed by atoms with E-state index in [0.29, 0.717) is 5.11 Å². The lowest BCUT2D eigenvalue weighted by molar-refractivity contribution is 0.665. The highest BCUT2D eigenvalue weighted by molar-refractivity contribution is 7.80. The van der Waals surface area contributed by atoms with Gasteiger partial charge in [0.2, 0.25) is 0 Å².